The summed E-state index contributed by atoms with van der Waals surface area (Å²) in [5.41, 5.74) is 0.411. The van der Waals surface area contributed by atoms with Crippen molar-refractivity contribution in [3.8, 4) is 11.5 Å². The molecule has 0 radical (unpaired) electrons. The molecule has 0 aromatic heterocycles. The van der Waals surface area contributed by atoms with E-state index in [0.717, 1.165) is 4.90 Å². The molecule has 12 heteroatoms. The van der Waals surface area contributed by atoms with E-state index in [0.29, 0.717) is 16.1 Å². The number of amides is 4. The van der Waals surface area contributed by atoms with E-state index in [1.807, 2.05) is 0 Å². The summed E-state index contributed by atoms with van der Waals surface area (Å²) in [4.78, 5) is 39.2. The number of hydrogen-bond acceptors (Lipinski definition) is 7. The Bertz CT molecular complexity index is 1650. The summed E-state index contributed by atoms with van der Waals surface area (Å²) in [5, 5.41) is 2.63. The van der Waals surface area contributed by atoms with Gasteiger partial charge in [-0.1, -0.05) is 41.4 Å². The van der Waals surface area contributed by atoms with Crippen molar-refractivity contribution < 1.29 is 31.7 Å². The maximum absolute atomic E-state index is 13.3. The van der Waals surface area contributed by atoms with Gasteiger partial charge in [-0.15, -0.1) is 6.58 Å². The van der Waals surface area contributed by atoms with Crippen LogP contribution in [0.4, 0.5) is 10.5 Å². The molecule has 1 saturated heterocycles. The Hall–Kier alpha value is -4.12. The van der Waals surface area contributed by atoms with Gasteiger partial charge in [-0.3, -0.25) is 14.9 Å². The lowest BCUT2D eigenvalue weighted by molar-refractivity contribution is -0.122. The highest BCUT2D eigenvalue weighted by atomic mass is 35.5. The largest absolute Gasteiger partial charge is 0.490 e. The molecular weight excluding hydrogens is 579 g/mol. The smallest absolute Gasteiger partial charge is 0.339 e. The molecule has 0 bridgehead atoms. The molecule has 0 saturated carbocycles. The lowest BCUT2D eigenvalue weighted by atomic mass is 10.0. The van der Waals surface area contributed by atoms with Gasteiger partial charge in [0.05, 0.1) is 17.3 Å². The van der Waals surface area contributed by atoms with Crippen molar-refractivity contribution in [3.05, 3.63) is 100 Å². The predicted octanol–water partition coefficient (Wildman–Crippen LogP) is 5.55. The number of nitrogens with zero attached hydrogens (tertiary/aromatic N) is 1. The zero-order valence-electron chi connectivity index (χ0n) is 21.0. The molecule has 4 rings (SSSR count). The first kappa shape index (κ1) is 28.9. The van der Waals surface area contributed by atoms with Crippen molar-refractivity contribution in [1.82, 2.24) is 5.32 Å². The van der Waals surface area contributed by atoms with Gasteiger partial charge in [0, 0.05) is 10.6 Å². The van der Waals surface area contributed by atoms with Crippen LogP contribution >= 0.6 is 23.2 Å². The number of allylic oxidation sites excluding steroid dienone is 1. The summed E-state index contributed by atoms with van der Waals surface area (Å²) in [5.74, 6) is -1.83. The topological polar surface area (TPSA) is 119 Å². The maximum Gasteiger partial charge on any atom is 0.339 e. The summed E-state index contributed by atoms with van der Waals surface area (Å²) in [7, 11) is -4.28. The van der Waals surface area contributed by atoms with Crippen LogP contribution in [0.1, 0.15) is 18.1 Å². The number of para-hydroxylation sites is 1. The number of barbiturate groups is 1. The molecule has 9 nitrogen and oxygen atoms in total. The zero-order chi connectivity index (χ0) is 29.0. The average Bonchev–Trinajstić information content (AvgIpc) is 2.90. The van der Waals surface area contributed by atoms with E-state index in [9.17, 15) is 22.8 Å². The molecule has 3 aromatic rings. The molecule has 3 aromatic carbocycles. The van der Waals surface area contributed by atoms with E-state index >= 15 is 0 Å². The minimum Gasteiger partial charge on any atom is -0.490 e. The normalized spacial score (nSPS) is 14.7. The van der Waals surface area contributed by atoms with Gasteiger partial charge in [0.25, 0.3) is 11.8 Å². The Morgan fingerprint density at radius 2 is 1.73 bits per heavy atom. The number of benzene rings is 3. The third-order valence-corrected chi connectivity index (χ3v) is 7.43. The number of halogens is 2. The van der Waals surface area contributed by atoms with Crippen LogP contribution in [-0.4, -0.2) is 32.9 Å². The number of carbonyl (C=O) groups excluding carboxylic acids is 3. The Labute approximate surface area is 240 Å². The number of nitrogens with one attached hydrogen (secondary N) is 1. The van der Waals surface area contributed by atoms with Crippen molar-refractivity contribution in [2.24, 2.45) is 0 Å². The molecule has 0 aliphatic carbocycles. The molecule has 0 atom stereocenters. The number of hydrogen-bond donors (Lipinski definition) is 1. The standard InChI is InChI=1S/C28H22Cl2N2O7S/c1-3-7-18-14-17(15-21-26(33)31-28(35)32(27(21)34)23-9-6-5-8-22(23)30)16-24(38-4-2)25(18)39-40(36,37)20-12-10-19(29)11-13-20/h3,5-6,8-16H,1,4,7H2,2H3,(H,31,33,35)/b21-15+. The van der Waals surface area contributed by atoms with Gasteiger partial charge in [-0.05, 0) is 73.5 Å². The molecule has 40 heavy (non-hydrogen) atoms. The number of carbonyl (C=O) groups is 3. The SMILES string of the molecule is C=CCc1cc(/C=C2\C(=O)NC(=O)N(c3ccccc3Cl)C2=O)cc(OCC)c1OS(=O)(=O)c1ccc(Cl)cc1. The van der Waals surface area contributed by atoms with Crippen LogP contribution in [0, 0.1) is 0 Å². The number of imide groups is 2. The zero-order valence-corrected chi connectivity index (χ0v) is 23.3. The molecule has 4 amide bonds. The van der Waals surface area contributed by atoms with Crippen LogP contribution in [0.5, 0.6) is 11.5 Å². The molecule has 0 spiro atoms. The van der Waals surface area contributed by atoms with Gasteiger partial charge in [0.1, 0.15) is 10.5 Å². The van der Waals surface area contributed by atoms with Gasteiger partial charge < -0.3 is 8.92 Å². The second-order valence-electron chi connectivity index (χ2n) is 8.33. The second kappa shape index (κ2) is 12.0. The van der Waals surface area contributed by atoms with Crippen molar-refractivity contribution in [2.45, 2.75) is 18.2 Å². The third kappa shape index (κ3) is 6.04. The van der Waals surface area contributed by atoms with Gasteiger partial charge in [0.2, 0.25) is 0 Å². The maximum atomic E-state index is 13.3. The van der Waals surface area contributed by atoms with Crippen LogP contribution in [0.15, 0.2) is 83.8 Å². The van der Waals surface area contributed by atoms with Crippen LogP contribution in [-0.2, 0) is 26.1 Å². The highest BCUT2D eigenvalue weighted by molar-refractivity contribution is 7.87. The van der Waals surface area contributed by atoms with Gasteiger partial charge in [-0.25, -0.2) is 9.69 Å². The third-order valence-electron chi connectivity index (χ3n) is 5.62. The van der Waals surface area contributed by atoms with Crippen molar-refractivity contribution >= 4 is 62.9 Å². The van der Waals surface area contributed by atoms with Gasteiger partial charge >= 0.3 is 16.1 Å². The molecule has 0 unspecified atom stereocenters. The molecule has 1 fully saturated rings. The van der Waals surface area contributed by atoms with E-state index in [-0.39, 0.29) is 45.7 Å². The fourth-order valence-electron chi connectivity index (χ4n) is 3.87. The second-order valence-corrected chi connectivity index (χ2v) is 10.7. The number of rotatable bonds is 9. The average molecular weight is 601 g/mol. The van der Waals surface area contributed by atoms with E-state index in [4.69, 9.17) is 32.1 Å². The first-order valence-electron chi connectivity index (χ1n) is 11.8. The van der Waals surface area contributed by atoms with Crippen LogP contribution in [0.3, 0.4) is 0 Å². The summed E-state index contributed by atoms with van der Waals surface area (Å²) < 4.78 is 37.3. The molecule has 1 aliphatic heterocycles. The molecular formula is C28H22Cl2N2O7S. The summed E-state index contributed by atoms with van der Waals surface area (Å²) in [6.07, 6.45) is 2.95. The number of urea groups is 1. The highest BCUT2D eigenvalue weighted by Gasteiger charge is 2.37. The number of anilines is 1. The fraction of sp³-hybridized carbons (Fsp3) is 0.107. The van der Waals surface area contributed by atoms with Crippen molar-refractivity contribution in [2.75, 3.05) is 11.5 Å². The van der Waals surface area contributed by atoms with E-state index in [1.54, 1.807) is 19.1 Å². The Balaban J connectivity index is 1.79. The summed E-state index contributed by atoms with van der Waals surface area (Å²) in [6.45, 7) is 5.56. The monoisotopic (exact) mass is 600 g/mol. The minimum atomic E-state index is -4.28. The van der Waals surface area contributed by atoms with E-state index in [2.05, 4.69) is 11.9 Å². The number of ether oxygens (including phenoxy) is 1. The van der Waals surface area contributed by atoms with Crippen molar-refractivity contribution in [1.29, 1.82) is 0 Å². The minimum absolute atomic E-state index is 0.0499. The summed E-state index contributed by atoms with van der Waals surface area (Å²) >= 11 is 12.1. The van der Waals surface area contributed by atoms with E-state index in [1.165, 1.54) is 60.7 Å². The summed E-state index contributed by atoms with van der Waals surface area (Å²) in [6, 6.07) is 13.7. The first-order chi connectivity index (χ1) is 19.1. The van der Waals surface area contributed by atoms with Gasteiger partial charge in [0.15, 0.2) is 11.5 Å². The molecule has 1 N–H and O–H groups in total. The van der Waals surface area contributed by atoms with Gasteiger partial charge in [-0.2, -0.15) is 8.42 Å². The predicted molar refractivity (Wildman–Crippen MR) is 151 cm³/mol. The molecule has 206 valence electrons. The molecule has 1 heterocycles. The van der Waals surface area contributed by atoms with Crippen LogP contribution < -0.4 is 19.1 Å². The van der Waals surface area contributed by atoms with E-state index < -0.39 is 28.0 Å². The van der Waals surface area contributed by atoms with Crippen LogP contribution in [0.25, 0.3) is 6.08 Å². The van der Waals surface area contributed by atoms with Crippen LogP contribution in [0.2, 0.25) is 10.0 Å². The lowest BCUT2D eigenvalue weighted by Gasteiger charge is -2.27. The Morgan fingerprint density at radius 1 is 1.02 bits per heavy atom. The van der Waals surface area contributed by atoms with Crippen molar-refractivity contribution in [3.63, 3.8) is 0 Å². The molecule has 1 aliphatic rings. The fourth-order valence-corrected chi connectivity index (χ4v) is 5.19. The highest BCUT2D eigenvalue weighted by Crippen LogP contribution is 2.37. The Morgan fingerprint density at radius 3 is 2.38 bits per heavy atom. The Kier molecular flexibility index (Phi) is 8.63. The first-order valence-corrected chi connectivity index (χ1v) is 14.0. The quantitative estimate of drug-likeness (QED) is 0.148. The lowest BCUT2D eigenvalue weighted by Crippen LogP contribution is -2.54.